The number of ether oxygens (including phenoxy) is 1. The molecule has 164 valence electrons. The zero-order valence-corrected chi connectivity index (χ0v) is 19.8. The average Bonchev–Trinajstić information content (AvgIpc) is 2.70. The quantitative estimate of drug-likeness (QED) is 0.455. The predicted molar refractivity (Wildman–Crippen MR) is 130 cm³/mol. The number of fused-ring (bicyclic) bond motifs is 1. The van der Waals surface area contributed by atoms with Crippen molar-refractivity contribution in [3.8, 4) is 5.75 Å². The second kappa shape index (κ2) is 9.15. The van der Waals surface area contributed by atoms with Crippen LogP contribution in [0.25, 0.3) is 5.57 Å². The molecule has 0 radical (unpaired) electrons. The van der Waals surface area contributed by atoms with Crippen molar-refractivity contribution in [3.05, 3.63) is 63.7 Å². The molecule has 0 unspecified atom stereocenters. The molecule has 1 aliphatic rings. The lowest BCUT2D eigenvalue weighted by atomic mass is 9.87. The number of carbonyl (C=O) groups is 1. The third kappa shape index (κ3) is 4.77. The number of rotatable bonds is 6. The van der Waals surface area contributed by atoms with Crippen LogP contribution in [-0.4, -0.2) is 31.3 Å². The Bertz CT molecular complexity index is 1060. The number of aryl methyl sites for hydroxylation is 1. The second-order valence-electron chi connectivity index (χ2n) is 8.43. The van der Waals surface area contributed by atoms with Crippen molar-refractivity contribution >= 4 is 35.0 Å². The number of hydrogen-bond donors (Lipinski definition) is 1. The van der Waals surface area contributed by atoms with Gasteiger partial charge in [-0.15, -0.1) is 0 Å². The van der Waals surface area contributed by atoms with Crippen molar-refractivity contribution in [2.24, 2.45) is 5.10 Å². The van der Waals surface area contributed by atoms with Gasteiger partial charge in [-0.3, -0.25) is 4.79 Å². The normalized spacial score (nSPS) is 14.9. The molecule has 3 rings (SSSR count). The summed E-state index contributed by atoms with van der Waals surface area (Å²) in [7, 11) is 1.64. The lowest BCUT2D eigenvalue weighted by molar-refractivity contribution is 0.0955. The first-order valence-corrected chi connectivity index (χ1v) is 10.8. The van der Waals surface area contributed by atoms with Crippen LogP contribution in [-0.2, 0) is 0 Å². The molecule has 0 spiro atoms. The van der Waals surface area contributed by atoms with Gasteiger partial charge in [0.25, 0.3) is 5.91 Å². The van der Waals surface area contributed by atoms with E-state index >= 15 is 0 Å². The number of hydrazone groups is 1. The van der Waals surface area contributed by atoms with E-state index in [0.717, 1.165) is 35.3 Å². The lowest BCUT2D eigenvalue weighted by Crippen LogP contribution is -2.45. The minimum atomic E-state index is -0.356. The SMILES string of the molecule is CCCN1c2cc(OC)c(/C=N\NC(=O)c3ccc(C)cc3Cl)cc2C(C)=CC1(C)C. The maximum absolute atomic E-state index is 12.4. The fourth-order valence-electron chi connectivity index (χ4n) is 4.06. The summed E-state index contributed by atoms with van der Waals surface area (Å²) in [6.45, 7) is 11.6. The van der Waals surface area contributed by atoms with Crippen molar-refractivity contribution < 1.29 is 9.53 Å². The zero-order chi connectivity index (χ0) is 22.8. The number of benzene rings is 2. The van der Waals surface area contributed by atoms with E-state index in [9.17, 15) is 4.79 Å². The molecule has 1 aliphatic heterocycles. The van der Waals surface area contributed by atoms with Crippen molar-refractivity contribution in [3.63, 3.8) is 0 Å². The third-order valence-electron chi connectivity index (χ3n) is 5.52. The largest absolute Gasteiger partial charge is 0.496 e. The molecule has 0 aromatic heterocycles. The fourth-order valence-corrected chi connectivity index (χ4v) is 4.38. The van der Waals surface area contributed by atoms with Gasteiger partial charge in [0.05, 0.1) is 29.4 Å². The van der Waals surface area contributed by atoms with Gasteiger partial charge in [0.1, 0.15) is 5.75 Å². The number of allylic oxidation sites excluding steroid dienone is 1. The molecule has 5 nitrogen and oxygen atoms in total. The molecule has 0 bridgehead atoms. The Kier molecular flexibility index (Phi) is 6.75. The van der Waals surface area contributed by atoms with Gasteiger partial charge in [-0.05, 0) is 63.5 Å². The van der Waals surface area contributed by atoms with E-state index in [1.807, 2.05) is 13.0 Å². The monoisotopic (exact) mass is 439 g/mol. The minimum absolute atomic E-state index is 0.0744. The summed E-state index contributed by atoms with van der Waals surface area (Å²) in [6.07, 6.45) is 4.95. The van der Waals surface area contributed by atoms with Gasteiger partial charge in [-0.2, -0.15) is 5.10 Å². The van der Waals surface area contributed by atoms with Crippen LogP contribution in [0.4, 0.5) is 5.69 Å². The number of halogens is 1. The average molecular weight is 440 g/mol. The van der Waals surface area contributed by atoms with E-state index < -0.39 is 0 Å². The zero-order valence-electron chi connectivity index (χ0n) is 19.0. The first-order valence-electron chi connectivity index (χ1n) is 10.5. The van der Waals surface area contributed by atoms with Crippen LogP contribution in [0.1, 0.15) is 61.2 Å². The maximum atomic E-state index is 12.4. The van der Waals surface area contributed by atoms with Crippen LogP contribution in [0.2, 0.25) is 5.02 Å². The third-order valence-corrected chi connectivity index (χ3v) is 5.83. The van der Waals surface area contributed by atoms with Crippen molar-refractivity contribution in [2.45, 2.75) is 46.6 Å². The van der Waals surface area contributed by atoms with Crippen LogP contribution >= 0.6 is 11.6 Å². The smallest absolute Gasteiger partial charge is 0.272 e. The second-order valence-corrected chi connectivity index (χ2v) is 8.83. The topological polar surface area (TPSA) is 53.9 Å². The first kappa shape index (κ1) is 22.9. The number of hydrogen-bond acceptors (Lipinski definition) is 4. The van der Waals surface area contributed by atoms with Crippen molar-refractivity contribution in [1.29, 1.82) is 0 Å². The molecular formula is C25H30ClN3O2. The van der Waals surface area contributed by atoms with Gasteiger partial charge < -0.3 is 9.64 Å². The molecule has 0 atom stereocenters. The van der Waals surface area contributed by atoms with Crippen molar-refractivity contribution in [2.75, 3.05) is 18.6 Å². The summed E-state index contributed by atoms with van der Waals surface area (Å²) in [5, 5.41) is 4.55. The molecule has 2 aromatic carbocycles. The Morgan fingerprint density at radius 3 is 2.65 bits per heavy atom. The van der Waals surface area contributed by atoms with Crippen LogP contribution in [0.3, 0.4) is 0 Å². The van der Waals surface area contributed by atoms with E-state index in [4.69, 9.17) is 16.3 Å². The Balaban J connectivity index is 1.90. The van der Waals surface area contributed by atoms with Gasteiger partial charge in [-0.25, -0.2) is 5.43 Å². The summed E-state index contributed by atoms with van der Waals surface area (Å²) >= 11 is 6.18. The molecule has 0 saturated carbocycles. The molecule has 0 fully saturated rings. The summed E-state index contributed by atoms with van der Waals surface area (Å²) in [5.74, 6) is 0.349. The van der Waals surface area contributed by atoms with E-state index in [-0.39, 0.29) is 11.4 Å². The summed E-state index contributed by atoms with van der Waals surface area (Å²) < 4.78 is 5.64. The molecule has 1 heterocycles. The predicted octanol–water partition coefficient (Wildman–Crippen LogP) is 5.83. The highest BCUT2D eigenvalue weighted by Gasteiger charge is 2.31. The Morgan fingerprint density at radius 1 is 1.26 bits per heavy atom. The van der Waals surface area contributed by atoms with Gasteiger partial charge in [0, 0.05) is 29.4 Å². The molecule has 6 heteroatoms. The van der Waals surface area contributed by atoms with Gasteiger partial charge in [0.15, 0.2) is 0 Å². The van der Waals surface area contributed by atoms with Gasteiger partial charge in [0.2, 0.25) is 0 Å². The van der Waals surface area contributed by atoms with E-state index in [0.29, 0.717) is 16.3 Å². The number of methoxy groups -OCH3 is 1. The van der Waals surface area contributed by atoms with Crippen LogP contribution in [0, 0.1) is 6.92 Å². The Hall–Kier alpha value is -2.79. The van der Waals surface area contributed by atoms with Crippen LogP contribution in [0.15, 0.2) is 41.5 Å². The summed E-state index contributed by atoms with van der Waals surface area (Å²) in [4.78, 5) is 14.8. The number of nitrogens with zero attached hydrogens (tertiary/aromatic N) is 2. The molecule has 1 N–H and O–H groups in total. The van der Waals surface area contributed by atoms with E-state index in [1.165, 1.54) is 5.57 Å². The Labute approximate surface area is 189 Å². The van der Waals surface area contributed by atoms with Crippen LogP contribution < -0.4 is 15.1 Å². The van der Waals surface area contributed by atoms with E-state index in [1.54, 1.807) is 25.5 Å². The fraction of sp³-hybridized carbons (Fsp3) is 0.360. The summed E-state index contributed by atoms with van der Waals surface area (Å²) in [5.41, 5.74) is 8.16. The molecule has 0 saturated heterocycles. The van der Waals surface area contributed by atoms with Crippen molar-refractivity contribution in [1.82, 2.24) is 5.43 Å². The first-order chi connectivity index (χ1) is 14.7. The maximum Gasteiger partial charge on any atom is 0.272 e. The number of carbonyl (C=O) groups excluding carboxylic acids is 1. The number of amides is 1. The molecule has 2 aromatic rings. The molecular weight excluding hydrogens is 410 g/mol. The summed E-state index contributed by atoms with van der Waals surface area (Å²) in [6, 6.07) is 9.41. The van der Waals surface area contributed by atoms with E-state index in [2.05, 4.69) is 61.3 Å². The van der Waals surface area contributed by atoms with Gasteiger partial charge in [-0.1, -0.05) is 30.7 Å². The highest BCUT2D eigenvalue weighted by molar-refractivity contribution is 6.33. The molecule has 0 aliphatic carbocycles. The highest BCUT2D eigenvalue weighted by atomic mass is 35.5. The standard InChI is InChI=1S/C25H30ClN3O2/c1-7-10-29-22-13-23(31-6)18(12-20(22)17(3)14-25(29,4)5)15-27-28-24(30)19-9-8-16(2)11-21(19)26/h8-9,11-15H,7,10H2,1-6H3,(H,28,30)/b27-15-. The van der Waals surface area contributed by atoms with Crippen LogP contribution in [0.5, 0.6) is 5.75 Å². The highest BCUT2D eigenvalue weighted by Crippen LogP contribution is 2.41. The number of anilines is 1. The number of nitrogens with one attached hydrogen (secondary N) is 1. The molecule has 31 heavy (non-hydrogen) atoms. The lowest BCUT2D eigenvalue weighted by Gasteiger charge is -2.43. The van der Waals surface area contributed by atoms with Gasteiger partial charge >= 0.3 is 0 Å². The Morgan fingerprint density at radius 2 is 2.00 bits per heavy atom. The molecule has 1 amide bonds. The minimum Gasteiger partial charge on any atom is -0.496 e.